The van der Waals surface area contributed by atoms with Crippen LogP contribution in [0.5, 0.6) is 0 Å². The average molecular weight is 257 g/mol. The molecule has 0 saturated carbocycles. The van der Waals surface area contributed by atoms with Gasteiger partial charge >= 0.3 is 0 Å². The molecule has 0 bridgehead atoms. The molecule has 0 unspecified atom stereocenters. The third kappa shape index (κ3) is 4.34. The summed E-state index contributed by atoms with van der Waals surface area (Å²) in [6, 6.07) is 10.0. The van der Waals surface area contributed by atoms with Crippen molar-refractivity contribution in [2.75, 3.05) is 26.2 Å². The van der Waals surface area contributed by atoms with Crippen LogP contribution in [0.25, 0.3) is 0 Å². The summed E-state index contributed by atoms with van der Waals surface area (Å²) in [6.45, 7) is 7.70. The molecule has 0 aromatic heterocycles. The Morgan fingerprint density at radius 1 is 1.32 bits per heavy atom. The van der Waals surface area contributed by atoms with Crippen molar-refractivity contribution < 1.29 is 0 Å². The fourth-order valence-corrected chi connectivity index (χ4v) is 2.53. The molecule has 19 heavy (non-hydrogen) atoms. The fraction of sp³-hybridized carbons (Fsp3) is 0.562. The first kappa shape index (κ1) is 14.0. The number of likely N-dealkylation sites (tertiary alicyclic amines) is 1. The van der Waals surface area contributed by atoms with Crippen LogP contribution in [0.1, 0.15) is 30.9 Å². The van der Waals surface area contributed by atoms with Gasteiger partial charge in [0.25, 0.3) is 0 Å². The van der Waals surface area contributed by atoms with Crippen molar-refractivity contribution >= 4 is 0 Å². The maximum atomic E-state index is 9.02. The van der Waals surface area contributed by atoms with Gasteiger partial charge in [0.2, 0.25) is 0 Å². The van der Waals surface area contributed by atoms with Crippen molar-refractivity contribution in [1.82, 2.24) is 10.2 Å². The Morgan fingerprint density at radius 3 is 2.79 bits per heavy atom. The Morgan fingerprint density at radius 2 is 2.05 bits per heavy atom. The van der Waals surface area contributed by atoms with Crippen molar-refractivity contribution in [2.24, 2.45) is 5.92 Å². The van der Waals surface area contributed by atoms with Crippen molar-refractivity contribution in [3.8, 4) is 6.07 Å². The fourth-order valence-electron chi connectivity index (χ4n) is 2.53. The second-order valence-electron chi connectivity index (χ2n) is 5.47. The van der Waals surface area contributed by atoms with E-state index in [4.69, 9.17) is 5.26 Å². The predicted molar refractivity (Wildman–Crippen MR) is 77.7 cm³/mol. The maximum Gasteiger partial charge on any atom is 0.0995 e. The van der Waals surface area contributed by atoms with E-state index in [2.05, 4.69) is 23.2 Å². The third-order valence-corrected chi connectivity index (χ3v) is 3.93. The second kappa shape index (κ2) is 7.28. The smallest absolute Gasteiger partial charge is 0.0995 e. The van der Waals surface area contributed by atoms with Crippen molar-refractivity contribution in [3.05, 3.63) is 35.4 Å². The number of benzene rings is 1. The van der Waals surface area contributed by atoms with E-state index < -0.39 is 0 Å². The number of piperidine rings is 1. The van der Waals surface area contributed by atoms with Crippen LogP contribution in [0, 0.1) is 17.2 Å². The highest BCUT2D eigenvalue weighted by molar-refractivity contribution is 5.37. The van der Waals surface area contributed by atoms with Crippen LogP contribution in [0.2, 0.25) is 0 Å². The van der Waals surface area contributed by atoms with Gasteiger partial charge in [0.15, 0.2) is 0 Å². The van der Waals surface area contributed by atoms with Gasteiger partial charge in [-0.2, -0.15) is 5.26 Å². The van der Waals surface area contributed by atoms with Crippen LogP contribution in [0.3, 0.4) is 0 Å². The quantitative estimate of drug-likeness (QED) is 0.823. The topological polar surface area (TPSA) is 39.1 Å². The Hall–Kier alpha value is -1.37. The number of nitrogens with one attached hydrogen (secondary N) is 1. The van der Waals surface area contributed by atoms with Crippen LogP contribution >= 0.6 is 0 Å². The molecule has 1 aromatic rings. The molecule has 0 atom stereocenters. The Kier molecular flexibility index (Phi) is 5.38. The normalized spacial score (nSPS) is 17.3. The molecule has 1 heterocycles. The number of nitriles is 1. The first-order valence-corrected chi connectivity index (χ1v) is 7.20. The molecule has 1 aliphatic rings. The molecule has 1 saturated heterocycles. The van der Waals surface area contributed by atoms with E-state index in [-0.39, 0.29) is 0 Å². The molecule has 1 fully saturated rings. The van der Waals surface area contributed by atoms with Gasteiger partial charge in [-0.15, -0.1) is 0 Å². The molecule has 0 radical (unpaired) electrons. The molecule has 0 aliphatic carbocycles. The molecule has 3 nitrogen and oxygen atoms in total. The van der Waals surface area contributed by atoms with Crippen LogP contribution in [0.15, 0.2) is 24.3 Å². The van der Waals surface area contributed by atoms with Gasteiger partial charge in [0.05, 0.1) is 11.6 Å². The van der Waals surface area contributed by atoms with Crippen LogP contribution in [-0.2, 0) is 6.54 Å². The summed E-state index contributed by atoms with van der Waals surface area (Å²) in [5.41, 5.74) is 1.87. The molecule has 1 N–H and O–H groups in total. The summed E-state index contributed by atoms with van der Waals surface area (Å²) in [6.07, 6.45) is 2.66. The first-order valence-electron chi connectivity index (χ1n) is 7.20. The van der Waals surface area contributed by atoms with Gasteiger partial charge in [0, 0.05) is 19.6 Å². The van der Waals surface area contributed by atoms with Crippen molar-refractivity contribution in [1.29, 1.82) is 5.26 Å². The van der Waals surface area contributed by atoms with Gasteiger partial charge in [-0.05, 0) is 43.5 Å². The largest absolute Gasteiger partial charge is 0.311 e. The number of hydrogen-bond acceptors (Lipinski definition) is 3. The average Bonchev–Trinajstić information content (AvgIpc) is 2.46. The number of rotatable bonds is 5. The lowest BCUT2D eigenvalue weighted by molar-refractivity contribution is 0.193. The van der Waals surface area contributed by atoms with E-state index in [1.165, 1.54) is 25.9 Å². The zero-order valence-corrected chi connectivity index (χ0v) is 11.7. The molecule has 102 valence electrons. The Balaban J connectivity index is 1.68. The van der Waals surface area contributed by atoms with Crippen LogP contribution in [0.4, 0.5) is 0 Å². The summed E-state index contributed by atoms with van der Waals surface area (Å²) in [5.74, 6) is 0.895. The van der Waals surface area contributed by atoms with Gasteiger partial charge in [-0.25, -0.2) is 0 Å². The monoisotopic (exact) mass is 257 g/mol. The van der Waals surface area contributed by atoms with Gasteiger partial charge in [-0.1, -0.05) is 25.1 Å². The highest BCUT2D eigenvalue weighted by Crippen LogP contribution is 2.15. The molecule has 2 rings (SSSR count). The molecule has 0 spiro atoms. The molecule has 1 aromatic carbocycles. The Labute approximate surface area is 116 Å². The van der Waals surface area contributed by atoms with E-state index in [0.717, 1.165) is 36.7 Å². The van der Waals surface area contributed by atoms with Crippen molar-refractivity contribution in [3.63, 3.8) is 0 Å². The summed E-state index contributed by atoms with van der Waals surface area (Å²) in [4.78, 5) is 2.53. The molecule has 0 amide bonds. The summed E-state index contributed by atoms with van der Waals surface area (Å²) in [7, 11) is 0. The lowest BCUT2D eigenvalue weighted by Crippen LogP contribution is -2.37. The lowest BCUT2D eigenvalue weighted by atomic mass is 9.99. The predicted octanol–water partition coefficient (Wildman–Crippen LogP) is 2.38. The van der Waals surface area contributed by atoms with Gasteiger partial charge in [-0.3, -0.25) is 0 Å². The van der Waals surface area contributed by atoms with E-state index in [1.54, 1.807) is 0 Å². The summed E-state index contributed by atoms with van der Waals surface area (Å²) < 4.78 is 0. The highest BCUT2D eigenvalue weighted by atomic mass is 15.1. The van der Waals surface area contributed by atoms with E-state index >= 15 is 0 Å². The van der Waals surface area contributed by atoms with Crippen LogP contribution < -0.4 is 5.32 Å². The minimum atomic E-state index is 0.779. The third-order valence-electron chi connectivity index (χ3n) is 3.93. The number of hydrogen-bond donors (Lipinski definition) is 1. The number of nitrogens with zero attached hydrogens (tertiary/aromatic N) is 2. The molecule has 1 aliphatic heterocycles. The SMILES string of the molecule is CC1CCN(CCNCc2ccccc2C#N)CC1. The van der Waals surface area contributed by atoms with Gasteiger partial charge in [0.1, 0.15) is 0 Å². The minimum absolute atomic E-state index is 0.779. The maximum absolute atomic E-state index is 9.02. The second-order valence-corrected chi connectivity index (χ2v) is 5.47. The van der Waals surface area contributed by atoms with E-state index in [0.29, 0.717) is 0 Å². The summed E-state index contributed by atoms with van der Waals surface area (Å²) in [5, 5.41) is 12.5. The highest BCUT2D eigenvalue weighted by Gasteiger charge is 2.14. The minimum Gasteiger partial charge on any atom is -0.311 e. The molecule has 3 heteroatoms. The molecular weight excluding hydrogens is 234 g/mol. The summed E-state index contributed by atoms with van der Waals surface area (Å²) >= 11 is 0. The molecular formula is C16H23N3. The van der Waals surface area contributed by atoms with E-state index in [1.807, 2.05) is 24.3 Å². The zero-order valence-electron chi connectivity index (χ0n) is 11.7. The Bertz CT molecular complexity index is 428. The van der Waals surface area contributed by atoms with Crippen LogP contribution in [-0.4, -0.2) is 31.1 Å². The van der Waals surface area contributed by atoms with E-state index in [9.17, 15) is 0 Å². The van der Waals surface area contributed by atoms with Crippen molar-refractivity contribution in [2.45, 2.75) is 26.3 Å². The van der Waals surface area contributed by atoms with Gasteiger partial charge < -0.3 is 10.2 Å². The zero-order chi connectivity index (χ0) is 13.5. The first-order chi connectivity index (χ1) is 9.29. The standard InChI is InChI=1S/C16H23N3/c1-14-6-9-19(10-7-14)11-8-18-13-16-5-3-2-4-15(16)12-17/h2-5,14,18H,6-11,13H2,1H3. The lowest BCUT2D eigenvalue weighted by Gasteiger charge is -2.30.